The van der Waals surface area contributed by atoms with Crippen LogP contribution in [0.2, 0.25) is 10.0 Å². The number of nitrogens with zero attached hydrogens (tertiary/aromatic N) is 2. The number of rotatable bonds is 3. The van der Waals surface area contributed by atoms with Gasteiger partial charge in [0.2, 0.25) is 0 Å². The van der Waals surface area contributed by atoms with Gasteiger partial charge in [-0.05, 0) is 86.4 Å². The number of hydrogen-bond acceptors (Lipinski definition) is 5. The number of pyridine rings is 1. The van der Waals surface area contributed by atoms with Gasteiger partial charge in [0, 0.05) is 29.6 Å². The lowest BCUT2D eigenvalue weighted by molar-refractivity contribution is 0.0442. The van der Waals surface area contributed by atoms with Gasteiger partial charge in [-0.3, -0.25) is 0 Å². The molecule has 1 aromatic heterocycles. The van der Waals surface area contributed by atoms with Gasteiger partial charge in [0.15, 0.2) is 0 Å². The Morgan fingerprint density at radius 3 is 2.60 bits per heavy atom. The Morgan fingerprint density at radius 2 is 1.94 bits per heavy atom. The van der Waals surface area contributed by atoms with Crippen molar-refractivity contribution in [1.29, 1.82) is 0 Å². The van der Waals surface area contributed by atoms with Gasteiger partial charge in [0.25, 0.3) is 0 Å². The second-order valence-corrected chi connectivity index (χ2v) is 12.6. The number of piperidine rings is 1. The number of halogens is 3. The molecule has 0 bridgehead atoms. The number of thiol groups is 1. The fourth-order valence-corrected chi connectivity index (χ4v) is 6.96. The minimum absolute atomic E-state index is 0.105. The second-order valence-electron chi connectivity index (χ2n) is 10.6. The SMILES string of the molecule is Cc1c(-c2cccc(Cl)c2Cl)nc(Br)c(N2CCC3(CCC[C@H]3NC(=O)OC(C)(C)C)CC2)c1S. The first-order chi connectivity index (χ1) is 16.4. The highest BCUT2D eigenvalue weighted by molar-refractivity contribution is 9.10. The van der Waals surface area contributed by atoms with Crippen LogP contribution in [-0.4, -0.2) is 35.8 Å². The highest BCUT2D eigenvalue weighted by atomic mass is 79.9. The molecular formula is C26H32BrCl2N3O2S. The quantitative estimate of drug-likeness (QED) is 0.276. The van der Waals surface area contributed by atoms with E-state index in [4.69, 9.17) is 45.6 Å². The number of alkyl carbamates (subject to hydrolysis) is 1. The highest BCUT2D eigenvalue weighted by Gasteiger charge is 2.46. The Balaban J connectivity index is 1.53. The van der Waals surface area contributed by atoms with Gasteiger partial charge in [-0.25, -0.2) is 9.78 Å². The number of amides is 1. The summed E-state index contributed by atoms with van der Waals surface area (Å²) < 4.78 is 6.27. The minimum atomic E-state index is -0.499. The lowest BCUT2D eigenvalue weighted by atomic mass is 9.74. The van der Waals surface area contributed by atoms with Crippen LogP contribution >= 0.6 is 51.8 Å². The maximum atomic E-state index is 12.5. The third-order valence-corrected chi connectivity index (χ3v) is 9.14. The van der Waals surface area contributed by atoms with Gasteiger partial charge < -0.3 is 15.0 Å². The van der Waals surface area contributed by atoms with Crippen molar-refractivity contribution in [2.24, 2.45) is 5.41 Å². The van der Waals surface area contributed by atoms with E-state index in [2.05, 4.69) is 26.1 Å². The molecule has 0 radical (unpaired) electrons. The van der Waals surface area contributed by atoms with Crippen molar-refractivity contribution < 1.29 is 9.53 Å². The van der Waals surface area contributed by atoms with E-state index in [1.165, 1.54) is 0 Å². The van der Waals surface area contributed by atoms with Crippen LogP contribution in [-0.2, 0) is 4.74 Å². The summed E-state index contributed by atoms with van der Waals surface area (Å²) in [6.07, 6.45) is 4.91. The molecule has 0 unspecified atom stereocenters. The van der Waals surface area contributed by atoms with Crippen molar-refractivity contribution in [1.82, 2.24) is 10.3 Å². The molecule has 1 aromatic carbocycles. The average Bonchev–Trinajstić information content (AvgIpc) is 3.14. The number of aromatic nitrogens is 1. The molecule has 1 saturated heterocycles. The standard InChI is InChI=1S/C26H32BrCl2N3O2S/c1-15-20(16-7-5-8-17(28)19(16)29)31-23(27)21(22(15)35)32-13-11-26(12-14-32)10-6-9-18(26)30-24(33)34-25(2,3)4/h5,7-8,18H,6,9-14H2,1-4H3,(H,30,33)(H,31,35)/t18-/m1/s1. The molecule has 2 aliphatic rings. The molecular weight excluding hydrogens is 569 g/mol. The van der Waals surface area contributed by atoms with Gasteiger partial charge in [0.1, 0.15) is 10.2 Å². The third-order valence-electron chi connectivity index (χ3n) is 7.22. The summed E-state index contributed by atoms with van der Waals surface area (Å²) in [7, 11) is 0. The van der Waals surface area contributed by atoms with Gasteiger partial charge >= 0.3 is 6.09 Å². The zero-order chi connectivity index (χ0) is 25.5. The predicted molar refractivity (Wildman–Crippen MR) is 150 cm³/mol. The first kappa shape index (κ1) is 26.9. The maximum absolute atomic E-state index is 12.5. The maximum Gasteiger partial charge on any atom is 0.407 e. The van der Waals surface area contributed by atoms with Crippen LogP contribution in [0.15, 0.2) is 27.7 Å². The summed E-state index contributed by atoms with van der Waals surface area (Å²) in [5, 5.41) is 4.16. The monoisotopic (exact) mass is 599 g/mol. The number of hydrogen-bond donors (Lipinski definition) is 2. The van der Waals surface area contributed by atoms with Gasteiger partial charge in [-0.15, -0.1) is 12.6 Å². The number of benzene rings is 1. The first-order valence-corrected chi connectivity index (χ1v) is 14.0. The van der Waals surface area contributed by atoms with E-state index in [0.717, 1.165) is 77.2 Å². The number of carbonyl (C=O) groups is 1. The molecule has 1 spiro atoms. The van der Waals surface area contributed by atoms with Gasteiger partial charge in [0.05, 0.1) is 21.4 Å². The number of ether oxygens (including phenoxy) is 1. The Bertz CT molecular complexity index is 1130. The first-order valence-electron chi connectivity index (χ1n) is 12.0. The van der Waals surface area contributed by atoms with Crippen molar-refractivity contribution in [3.8, 4) is 11.3 Å². The molecule has 2 heterocycles. The van der Waals surface area contributed by atoms with E-state index < -0.39 is 5.60 Å². The molecule has 5 nitrogen and oxygen atoms in total. The third kappa shape index (κ3) is 5.58. The summed E-state index contributed by atoms with van der Waals surface area (Å²) >= 11 is 21.4. The smallest absolute Gasteiger partial charge is 0.407 e. The van der Waals surface area contributed by atoms with Crippen LogP contribution in [0, 0.1) is 12.3 Å². The summed E-state index contributed by atoms with van der Waals surface area (Å²) in [5.41, 5.74) is 3.12. The Labute approximate surface area is 231 Å². The van der Waals surface area contributed by atoms with Gasteiger partial charge in [-0.1, -0.05) is 41.8 Å². The van der Waals surface area contributed by atoms with Crippen molar-refractivity contribution in [2.75, 3.05) is 18.0 Å². The van der Waals surface area contributed by atoms with Crippen LogP contribution in [0.5, 0.6) is 0 Å². The van der Waals surface area contributed by atoms with Gasteiger partial charge in [-0.2, -0.15) is 0 Å². The Hall–Kier alpha value is -1.15. The fraction of sp³-hybridized carbons (Fsp3) is 0.538. The van der Waals surface area contributed by atoms with Crippen LogP contribution in [0.25, 0.3) is 11.3 Å². The minimum Gasteiger partial charge on any atom is -0.444 e. The van der Waals surface area contributed by atoms with Crippen molar-refractivity contribution in [3.63, 3.8) is 0 Å². The van der Waals surface area contributed by atoms with E-state index in [9.17, 15) is 4.79 Å². The van der Waals surface area contributed by atoms with Crippen molar-refractivity contribution >= 4 is 63.5 Å². The molecule has 1 aliphatic carbocycles. The van der Waals surface area contributed by atoms with Crippen molar-refractivity contribution in [2.45, 2.75) is 76.3 Å². The summed E-state index contributed by atoms with van der Waals surface area (Å²) in [6.45, 7) is 9.44. The van der Waals surface area contributed by atoms with E-state index in [0.29, 0.717) is 10.0 Å². The number of anilines is 1. The van der Waals surface area contributed by atoms with E-state index in [1.54, 1.807) is 6.07 Å². The van der Waals surface area contributed by atoms with Crippen molar-refractivity contribution in [3.05, 3.63) is 38.4 Å². The van der Waals surface area contributed by atoms with Crippen LogP contribution < -0.4 is 10.2 Å². The largest absolute Gasteiger partial charge is 0.444 e. The molecule has 9 heteroatoms. The molecule has 4 rings (SSSR count). The lowest BCUT2D eigenvalue weighted by Crippen LogP contribution is -2.51. The molecule has 1 aliphatic heterocycles. The molecule has 1 N–H and O–H groups in total. The summed E-state index contributed by atoms with van der Waals surface area (Å²) in [6, 6.07) is 5.71. The molecule has 2 aromatic rings. The highest BCUT2D eigenvalue weighted by Crippen LogP contribution is 2.49. The number of carbonyl (C=O) groups excluding carboxylic acids is 1. The van der Waals surface area contributed by atoms with E-state index in [1.807, 2.05) is 39.8 Å². The molecule has 1 amide bonds. The zero-order valence-corrected chi connectivity index (χ0v) is 24.5. The fourth-order valence-electron chi connectivity index (χ4n) is 5.44. The van der Waals surface area contributed by atoms with E-state index in [-0.39, 0.29) is 17.6 Å². The Morgan fingerprint density at radius 1 is 1.26 bits per heavy atom. The molecule has 1 saturated carbocycles. The molecule has 2 fully saturated rings. The summed E-state index contributed by atoms with van der Waals surface area (Å²) in [5.74, 6) is 0. The molecule has 35 heavy (non-hydrogen) atoms. The summed E-state index contributed by atoms with van der Waals surface area (Å²) in [4.78, 5) is 20.6. The topological polar surface area (TPSA) is 54.5 Å². The van der Waals surface area contributed by atoms with Crippen LogP contribution in [0.3, 0.4) is 0 Å². The zero-order valence-electron chi connectivity index (χ0n) is 20.6. The normalized spacial score (nSPS) is 19.8. The lowest BCUT2D eigenvalue weighted by Gasteiger charge is -2.44. The second kappa shape index (κ2) is 10.3. The predicted octanol–water partition coefficient (Wildman–Crippen LogP) is 8.08. The van der Waals surface area contributed by atoms with Crippen LogP contribution in [0.1, 0.15) is 58.4 Å². The number of nitrogens with one attached hydrogen (secondary N) is 1. The van der Waals surface area contributed by atoms with Crippen LogP contribution in [0.4, 0.5) is 10.5 Å². The molecule has 190 valence electrons. The molecule has 1 atom stereocenters. The Kier molecular flexibility index (Phi) is 7.92. The van der Waals surface area contributed by atoms with E-state index >= 15 is 0 Å². The average molecular weight is 601 g/mol.